The Hall–Kier alpha value is -3.02. The number of anilines is 1. The predicted molar refractivity (Wildman–Crippen MR) is 108 cm³/mol. The number of aryl methyl sites for hydroxylation is 2. The van der Waals surface area contributed by atoms with Gasteiger partial charge in [0.1, 0.15) is 5.75 Å². The Morgan fingerprint density at radius 3 is 2.54 bits per heavy atom. The number of fused-ring (bicyclic) bond motifs is 1. The summed E-state index contributed by atoms with van der Waals surface area (Å²) in [6.45, 7) is 2.20. The first-order valence-electron chi connectivity index (χ1n) is 9.84. The Balaban J connectivity index is 1.39. The van der Waals surface area contributed by atoms with E-state index in [0.717, 1.165) is 49.0 Å². The molecule has 0 spiro atoms. The molecule has 4 rings (SSSR count). The summed E-state index contributed by atoms with van der Waals surface area (Å²) in [7, 11) is 0. The fourth-order valence-corrected chi connectivity index (χ4v) is 3.92. The van der Waals surface area contributed by atoms with E-state index in [4.69, 9.17) is 0 Å². The maximum absolute atomic E-state index is 12.6. The van der Waals surface area contributed by atoms with Crippen LogP contribution in [-0.2, 0) is 24.2 Å². The lowest BCUT2D eigenvalue weighted by atomic mass is 9.90. The predicted octanol–water partition coefficient (Wildman–Crippen LogP) is 2.14. The van der Waals surface area contributed by atoms with Gasteiger partial charge in [-0.15, -0.1) is 0 Å². The van der Waals surface area contributed by atoms with Crippen LogP contribution in [0.4, 0.5) is 5.69 Å². The van der Waals surface area contributed by atoms with Gasteiger partial charge in [-0.1, -0.05) is 12.1 Å². The summed E-state index contributed by atoms with van der Waals surface area (Å²) < 4.78 is 0. The van der Waals surface area contributed by atoms with E-state index in [1.165, 1.54) is 5.56 Å². The van der Waals surface area contributed by atoms with Crippen LogP contribution >= 0.6 is 0 Å². The smallest absolute Gasteiger partial charge is 0.255 e. The molecule has 1 fully saturated rings. The average Bonchev–Trinajstić information content (AvgIpc) is 2.72. The van der Waals surface area contributed by atoms with Crippen molar-refractivity contribution in [2.75, 3.05) is 24.5 Å². The molecule has 6 heteroatoms. The number of carbonyl (C=O) groups is 2. The molecule has 2 aromatic rings. The second kappa shape index (κ2) is 7.92. The van der Waals surface area contributed by atoms with E-state index in [1.807, 2.05) is 35.2 Å². The molecule has 6 nitrogen and oxygen atoms in total. The van der Waals surface area contributed by atoms with Gasteiger partial charge in [0.15, 0.2) is 0 Å². The second-order valence-electron chi connectivity index (χ2n) is 7.47. The van der Waals surface area contributed by atoms with E-state index >= 15 is 0 Å². The molecule has 3 N–H and O–H groups in total. The molecule has 28 heavy (non-hydrogen) atoms. The lowest BCUT2D eigenvalue weighted by Gasteiger charge is -2.28. The molecule has 0 radical (unpaired) electrons. The maximum Gasteiger partial charge on any atom is 0.255 e. The number of phenols is 1. The van der Waals surface area contributed by atoms with E-state index in [0.29, 0.717) is 25.2 Å². The molecule has 2 amide bonds. The van der Waals surface area contributed by atoms with Crippen molar-refractivity contribution in [3.8, 4) is 5.75 Å². The van der Waals surface area contributed by atoms with Gasteiger partial charge in [-0.2, -0.15) is 0 Å². The third kappa shape index (κ3) is 3.96. The number of hydrogen-bond donors (Lipinski definition) is 3. The normalized spacial score (nSPS) is 16.3. The van der Waals surface area contributed by atoms with Crippen LogP contribution in [0.15, 0.2) is 36.4 Å². The van der Waals surface area contributed by atoms with Crippen molar-refractivity contribution in [1.29, 1.82) is 0 Å². The maximum atomic E-state index is 12.6. The summed E-state index contributed by atoms with van der Waals surface area (Å²) >= 11 is 0. The molecule has 1 aliphatic heterocycles. The molecule has 2 aliphatic rings. The topological polar surface area (TPSA) is 81.7 Å². The first-order chi connectivity index (χ1) is 13.6. The molecule has 146 valence electrons. The summed E-state index contributed by atoms with van der Waals surface area (Å²) in [4.78, 5) is 26.1. The quantitative estimate of drug-likeness (QED) is 0.760. The molecular weight excluding hydrogens is 354 g/mol. The number of benzene rings is 2. The number of aromatic hydroxyl groups is 1. The summed E-state index contributed by atoms with van der Waals surface area (Å²) in [6.07, 6.45) is 4.20. The van der Waals surface area contributed by atoms with Crippen LogP contribution in [0.5, 0.6) is 5.75 Å². The lowest BCUT2D eigenvalue weighted by Crippen LogP contribution is -2.47. The van der Waals surface area contributed by atoms with Crippen molar-refractivity contribution in [2.24, 2.45) is 0 Å². The monoisotopic (exact) mass is 379 g/mol. The zero-order chi connectivity index (χ0) is 19.5. The number of nitrogens with one attached hydrogen (secondary N) is 2. The number of rotatable bonds is 4. The fraction of sp³-hybridized carbons (Fsp3) is 0.364. The number of piperazine rings is 1. The standard InChI is InChI=1S/C22H25N3O3/c26-20-12-17-4-2-1-3-16(17)11-19(20)22(28)24-13-15-5-7-18(8-6-15)25-10-9-23-21(27)14-25/h5-8,11-12,26H,1-4,9-10,13-14H2,(H,23,27)(H,24,28). The number of carbonyl (C=O) groups excluding carboxylic acids is 2. The second-order valence-corrected chi connectivity index (χ2v) is 7.47. The van der Waals surface area contributed by atoms with Crippen LogP contribution in [0, 0.1) is 0 Å². The molecule has 0 bridgehead atoms. The Morgan fingerprint density at radius 1 is 1.11 bits per heavy atom. The van der Waals surface area contributed by atoms with Crippen molar-refractivity contribution in [3.63, 3.8) is 0 Å². The van der Waals surface area contributed by atoms with Gasteiger partial charge in [0.25, 0.3) is 5.91 Å². The highest BCUT2D eigenvalue weighted by Crippen LogP contribution is 2.28. The van der Waals surface area contributed by atoms with Gasteiger partial charge >= 0.3 is 0 Å². The minimum absolute atomic E-state index is 0.0347. The van der Waals surface area contributed by atoms with Crippen LogP contribution in [0.1, 0.15) is 39.9 Å². The summed E-state index contributed by atoms with van der Waals surface area (Å²) in [5.74, 6) is -0.174. The molecule has 1 aliphatic carbocycles. The Bertz CT molecular complexity index is 893. The van der Waals surface area contributed by atoms with E-state index in [9.17, 15) is 14.7 Å². The fourth-order valence-electron chi connectivity index (χ4n) is 3.92. The summed E-state index contributed by atoms with van der Waals surface area (Å²) in [5, 5.41) is 15.9. The van der Waals surface area contributed by atoms with Gasteiger partial charge in [0.2, 0.25) is 5.91 Å². The van der Waals surface area contributed by atoms with Crippen molar-refractivity contribution in [3.05, 3.63) is 58.7 Å². The summed E-state index contributed by atoms with van der Waals surface area (Å²) in [6, 6.07) is 11.4. The Kier molecular flexibility index (Phi) is 5.19. The minimum atomic E-state index is -0.261. The number of nitrogens with zero attached hydrogens (tertiary/aromatic N) is 1. The van der Waals surface area contributed by atoms with Gasteiger partial charge in [0, 0.05) is 25.3 Å². The summed E-state index contributed by atoms with van der Waals surface area (Å²) in [5.41, 5.74) is 4.64. The molecule has 0 saturated carbocycles. The molecule has 1 heterocycles. The zero-order valence-electron chi connectivity index (χ0n) is 15.8. The van der Waals surface area contributed by atoms with E-state index < -0.39 is 0 Å². The number of amides is 2. The molecule has 2 aromatic carbocycles. The lowest BCUT2D eigenvalue weighted by molar-refractivity contribution is -0.120. The first kappa shape index (κ1) is 18.3. The Labute approximate surface area is 164 Å². The van der Waals surface area contributed by atoms with E-state index in [-0.39, 0.29) is 17.6 Å². The average molecular weight is 379 g/mol. The van der Waals surface area contributed by atoms with Crippen molar-refractivity contribution in [1.82, 2.24) is 10.6 Å². The third-order valence-corrected chi connectivity index (χ3v) is 5.50. The van der Waals surface area contributed by atoms with Gasteiger partial charge in [-0.05, 0) is 66.6 Å². The number of phenolic OH excluding ortho intramolecular Hbond substituents is 1. The largest absolute Gasteiger partial charge is 0.507 e. The van der Waals surface area contributed by atoms with Crippen LogP contribution in [0.3, 0.4) is 0 Å². The van der Waals surface area contributed by atoms with Gasteiger partial charge in [-0.25, -0.2) is 0 Å². The molecule has 0 atom stereocenters. The van der Waals surface area contributed by atoms with E-state index in [2.05, 4.69) is 10.6 Å². The van der Waals surface area contributed by atoms with Gasteiger partial charge < -0.3 is 20.6 Å². The van der Waals surface area contributed by atoms with Crippen LogP contribution in [0.2, 0.25) is 0 Å². The van der Waals surface area contributed by atoms with Crippen LogP contribution in [-0.4, -0.2) is 36.6 Å². The number of hydrogen-bond acceptors (Lipinski definition) is 4. The minimum Gasteiger partial charge on any atom is -0.507 e. The van der Waals surface area contributed by atoms with Crippen molar-refractivity contribution < 1.29 is 14.7 Å². The first-order valence-corrected chi connectivity index (χ1v) is 9.84. The highest BCUT2D eigenvalue weighted by molar-refractivity contribution is 5.97. The molecular formula is C22H25N3O3. The van der Waals surface area contributed by atoms with Crippen molar-refractivity contribution >= 4 is 17.5 Å². The molecule has 0 unspecified atom stereocenters. The molecule has 1 saturated heterocycles. The van der Waals surface area contributed by atoms with Crippen LogP contribution < -0.4 is 15.5 Å². The van der Waals surface area contributed by atoms with Gasteiger partial charge in [0.05, 0.1) is 12.1 Å². The zero-order valence-corrected chi connectivity index (χ0v) is 15.8. The Morgan fingerprint density at radius 2 is 1.82 bits per heavy atom. The van der Waals surface area contributed by atoms with Crippen LogP contribution in [0.25, 0.3) is 0 Å². The molecule has 0 aromatic heterocycles. The van der Waals surface area contributed by atoms with Gasteiger partial charge in [-0.3, -0.25) is 9.59 Å². The van der Waals surface area contributed by atoms with Crippen molar-refractivity contribution in [2.45, 2.75) is 32.2 Å². The SMILES string of the molecule is O=C1CN(c2ccc(CNC(=O)c3cc4c(cc3O)CCCC4)cc2)CCN1. The third-order valence-electron chi connectivity index (χ3n) is 5.50. The highest BCUT2D eigenvalue weighted by Gasteiger charge is 2.18. The highest BCUT2D eigenvalue weighted by atomic mass is 16.3. The van der Waals surface area contributed by atoms with E-state index in [1.54, 1.807) is 6.07 Å².